The van der Waals surface area contributed by atoms with Gasteiger partial charge in [0.25, 0.3) is 5.91 Å². The van der Waals surface area contributed by atoms with Gasteiger partial charge in [-0.3, -0.25) is 9.48 Å². The van der Waals surface area contributed by atoms with Crippen molar-refractivity contribution in [2.24, 2.45) is 0 Å². The molecule has 2 heterocycles. The van der Waals surface area contributed by atoms with E-state index in [1.807, 2.05) is 10.7 Å². The molecule has 1 atom stereocenters. The highest BCUT2D eigenvalue weighted by atomic mass is 16.5. The molecule has 1 fully saturated rings. The Labute approximate surface area is 142 Å². The molecule has 6 nitrogen and oxygen atoms in total. The summed E-state index contributed by atoms with van der Waals surface area (Å²) < 4.78 is 7.10. The smallest absolute Gasteiger partial charge is 0.261 e. The summed E-state index contributed by atoms with van der Waals surface area (Å²) in [6, 6.07) is 3.89. The summed E-state index contributed by atoms with van der Waals surface area (Å²) in [6.45, 7) is 4.28. The number of rotatable bonds is 6. The molecule has 0 N–H and O–H groups in total. The fraction of sp³-hybridized carbons (Fsp3) is 0.500. The van der Waals surface area contributed by atoms with Gasteiger partial charge in [-0.15, -0.1) is 0 Å². The first-order chi connectivity index (χ1) is 11.6. The number of pyridine rings is 1. The average molecular weight is 328 g/mol. The minimum Gasteiger partial charge on any atom is -0.481 e. The molecule has 0 aliphatic heterocycles. The van der Waals surface area contributed by atoms with Crippen LogP contribution in [-0.2, 0) is 0 Å². The van der Waals surface area contributed by atoms with E-state index in [4.69, 9.17) is 4.74 Å². The number of carbonyl (C=O) groups excluding carboxylic acids is 1. The second-order valence-electron chi connectivity index (χ2n) is 6.34. The van der Waals surface area contributed by atoms with Crippen molar-refractivity contribution >= 4 is 11.6 Å². The van der Waals surface area contributed by atoms with Crippen LogP contribution >= 0.6 is 0 Å². The van der Waals surface area contributed by atoms with Crippen LogP contribution in [0.5, 0.6) is 5.88 Å². The highest BCUT2D eigenvalue weighted by Crippen LogP contribution is 2.43. The van der Waals surface area contributed by atoms with E-state index in [2.05, 4.69) is 23.9 Å². The van der Waals surface area contributed by atoms with Gasteiger partial charge in [-0.25, -0.2) is 4.98 Å². The van der Waals surface area contributed by atoms with Crippen molar-refractivity contribution in [1.29, 1.82) is 0 Å². The molecule has 2 aromatic heterocycles. The van der Waals surface area contributed by atoms with Crippen molar-refractivity contribution in [2.75, 3.05) is 19.1 Å². The number of hydrogen-bond acceptors (Lipinski definition) is 4. The van der Waals surface area contributed by atoms with Crippen LogP contribution in [0.3, 0.4) is 0 Å². The zero-order valence-corrected chi connectivity index (χ0v) is 14.7. The standard InChI is InChI=1S/C18H24N4O2/c1-5-12(2)22-17(13-6-7-13)15(11-20-22)18(23)21(3)14-8-9-16(24-4)19-10-14/h8-13H,5-7H2,1-4H3. The maximum atomic E-state index is 13.0. The molecule has 1 saturated carbocycles. The van der Waals surface area contributed by atoms with Crippen molar-refractivity contribution < 1.29 is 9.53 Å². The molecule has 128 valence electrons. The third kappa shape index (κ3) is 3.00. The van der Waals surface area contributed by atoms with E-state index in [1.54, 1.807) is 37.5 Å². The maximum absolute atomic E-state index is 13.0. The SMILES string of the molecule is CCC(C)n1ncc(C(=O)N(C)c2ccc(OC)nc2)c1C1CC1. The number of amides is 1. The van der Waals surface area contributed by atoms with Crippen LogP contribution in [0.15, 0.2) is 24.5 Å². The fourth-order valence-corrected chi connectivity index (χ4v) is 2.81. The number of methoxy groups -OCH3 is 1. The Kier molecular flexibility index (Phi) is 4.55. The summed E-state index contributed by atoms with van der Waals surface area (Å²) in [4.78, 5) is 18.8. The van der Waals surface area contributed by atoms with E-state index in [0.29, 0.717) is 23.4 Å². The van der Waals surface area contributed by atoms with Crippen molar-refractivity contribution in [3.8, 4) is 5.88 Å². The maximum Gasteiger partial charge on any atom is 0.261 e. The Hall–Kier alpha value is -2.37. The number of hydrogen-bond donors (Lipinski definition) is 0. The molecule has 1 aliphatic carbocycles. The monoisotopic (exact) mass is 328 g/mol. The lowest BCUT2D eigenvalue weighted by atomic mass is 10.1. The molecule has 2 aromatic rings. The minimum atomic E-state index is -0.0431. The summed E-state index contributed by atoms with van der Waals surface area (Å²) in [5.74, 6) is 0.948. The zero-order valence-electron chi connectivity index (χ0n) is 14.7. The second-order valence-corrected chi connectivity index (χ2v) is 6.34. The average Bonchev–Trinajstić information content (AvgIpc) is 3.37. The Morgan fingerprint density at radius 1 is 1.42 bits per heavy atom. The molecule has 1 aliphatic rings. The van der Waals surface area contributed by atoms with E-state index in [9.17, 15) is 4.79 Å². The molecular formula is C18H24N4O2. The number of anilines is 1. The van der Waals surface area contributed by atoms with Gasteiger partial charge in [-0.1, -0.05) is 6.92 Å². The topological polar surface area (TPSA) is 60.2 Å². The van der Waals surface area contributed by atoms with Gasteiger partial charge in [0.1, 0.15) is 0 Å². The molecule has 0 saturated heterocycles. The summed E-state index contributed by atoms with van der Waals surface area (Å²) >= 11 is 0. The van der Waals surface area contributed by atoms with Gasteiger partial charge in [0, 0.05) is 25.1 Å². The normalized spacial score (nSPS) is 15.2. The molecule has 3 rings (SSSR count). The van der Waals surface area contributed by atoms with E-state index in [-0.39, 0.29) is 5.91 Å². The van der Waals surface area contributed by atoms with Crippen molar-refractivity contribution in [1.82, 2.24) is 14.8 Å². The fourth-order valence-electron chi connectivity index (χ4n) is 2.81. The number of nitrogens with zero attached hydrogens (tertiary/aromatic N) is 4. The predicted octanol–water partition coefficient (Wildman–Crippen LogP) is 3.41. The van der Waals surface area contributed by atoms with Crippen LogP contribution in [0.1, 0.15) is 61.1 Å². The number of ether oxygens (including phenoxy) is 1. The van der Waals surface area contributed by atoms with Gasteiger partial charge in [0.15, 0.2) is 0 Å². The Bertz CT molecular complexity index is 719. The highest BCUT2D eigenvalue weighted by Gasteiger charge is 2.34. The summed E-state index contributed by atoms with van der Waals surface area (Å²) in [7, 11) is 3.34. The summed E-state index contributed by atoms with van der Waals surface area (Å²) in [5.41, 5.74) is 2.53. The molecule has 1 unspecified atom stereocenters. The first-order valence-corrected chi connectivity index (χ1v) is 8.42. The molecule has 24 heavy (non-hydrogen) atoms. The quantitative estimate of drug-likeness (QED) is 0.815. The van der Waals surface area contributed by atoms with Crippen LogP contribution in [-0.4, -0.2) is 34.8 Å². The van der Waals surface area contributed by atoms with E-state index in [1.165, 1.54) is 0 Å². The van der Waals surface area contributed by atoms with E-state index in [0.717, 1.165) is 30.6 Å². The second kappa shape index (κ2) is 6.63. The Morgan fingerprint density at radius 3 is 2.71 bits per heavy atom. The predicted molar refractivity (Wildman–Crippen MR) is 92.7 cm³/mol. The lowest BCUT2D eigenvalue weighted by Crippen LogP contribution is -2.27. The molecule has 0 bridgehead atoms. The molecule has 6 heteroatoms. The van der Waals surface area contributed by atoms with Gasteiger partial charge in [0.2, 0.25) is 5.88 Å². The first-order valence-electron chi connectivity index (χ1n) is 8.42. The van der Waals surface area contributed by atoms with Gasteiger partial charge in [-0.2, -0.15) is 5.10 Å². The highest BCUT2D eigenvalue weighted by molar-refractivity contribution is 6.06. The third-order valence-electron chi connectivity index (χ3n) is 4.66. The van der Waals surface area contributed by atoms with Gasteiger partial charge in [-0.05, 0) is 32.3 Å². The van der Waals surface area contributed by atoms with E-state index >= 15 is 0 Å². The summed E-state index contributed by atoms with van der Waals surface area (Å²) in [5, 5.41) is 4.51. The van der Waals surface area contributed by atoms with Crippen LogP contribution in [0, 0.1) is 0 Å². The van der Waals surface area contributed by atoms with Crippen LogP contribution < -0.4 is 9.64 Å². The van der Waals surface area contributed by atoms with Gasteiger partial charge < -0.3 is 9.64 Å². The van der Waals surface area contributed by atoms with Crippen LogP contribution in [0.4, 0.5) is 5.69 Å². The molecule has 1 amide bonds. The van der Waals surface area contributed by atoms with Crippen LogP contribution in [0.25, 0.3) is 0 Å². The first kappa shape index (κ1) is 16.5. The molecule has 0 aromatic carbocycles. The number of aromatic nitrogens is 3. The Balaban J connectivity index is 1.90. The zero-order chi connectivity index (χ0) is 17.3. The summed E-state index contributed by atoms with van der Waals surface area (Å²) in [6.07, 6.45) is 6.63. The van der Waals surface area contributed by atoms with Crippen molar-refractivity contribution in [3.05, 3.63) is 35.8 Å². The van der Waals surface area contributed by atoms with Crippen molar-refractivity contribution in [3.63, 3.8) is 0 Å². The largest absolute Gasteiger partial charge is 0.481 e. The van der Waals surface area contributed by atoms with E-state index < -0.39 is 0 Å². The molecular weight excluding hydrogens is 304 g/mol. The van der Waals surface area contributed by atoms with Crippen molar-refractivity contribution in [2.45, 2.75) is 45.1 Å². The Morgan fingerprint density at radius 2 is 2.17 bits per heavy atom. The van der Waals surface area contributed by atoms with Gasteiger partial charge >= 0.3 is 0 Å². The minimum absolute atomic E-state index is 0.0431. The molecule has 0 radical (unpaired) electrons. The number of carbonyl (C=O) groups is 1. The van der Waals surface area contributed by atoms with Crippen LogP contribution in [0.2, 0.25) is 0 Å². The lowest BCUT2D eigenvalue weighted by molar-refractivity contribution is 0.0991. The lowest BCUT2D eigenvalue weighted by Gasteiger charge is -2.19. The third-order valence-corrected chi connectivity index (χ3v) is 4.66. The van der Waals surface area contributed by atoms with Gasteiger partial charge in [0.05, 0.1) is 36.4 Å². The molecule has 0 spiro atoms.